The number of rotatable bonds is 4. The number of hydrogen-bond donors (Lipinski definition) is 1. The lowest BCUT2D eigenvalue weighted by molar-refractivity contribution is -0.118. The quantitative estimate of drug-likeness (QED) is 0.906. The number of benzene rings is 2. The van der Waals surface area contributed by atoms with E-state index in [9.17, 15) is 9.18 Å². The Hall–Kier alpha value is -1.79. The van der Waals surface area contributed by atoms with Crippen LogP contribution in [0.3, 0.4) is 0 Å². The SMILES string of the molecule is O=C(CSC1=Nc2ccccc2CS1)NCc1ccc(F)cc1. The molecule has 0 atom stereocenters. The van der Waals surface area contributed by atoms with Crippen molar-refractivity contribution in [3.63, 3.8) is 0 Å². The second-order valence-electron chi connectivity index (χ2n) is 4.99. The highest BCUT2D eigenvalue weighted by molar-refractivity contribution is 8.38. The van der Waals surface area contributed by atoms with Gasteiger partial charge < -0.3 is 5.32 Å². The van der Waals surface area contributed by atoms with Crippen LogP contribution in [0.1, 0.15) is 11.1 Å². The summed E-state index contributed by atoms with van der Waals surface area (Å²) in [5, 5.41) is 2.83. The summed E-state index contributed by atoms with van der Waals surface area (Å²) >= 11 is 3.10. The fourth-order valence-electron chi connectivity index (χ4n) is 2.07. The van der Waals surface area contributed by atoms with Gasteiger partial charge >= 0.3 is 0 Å². The van der Waals surface area contributed by atoms with Crippen LogP contribution in [0.25, 0.3) is 0 Å². The summed E-state index contributed by atoms with van der Waals surface area (Å²) in [7, 11) is 0. The van der Waals surface area contributed by atoms with Crippen molar-refractivity contribution >= 4 is 39.5 Å². The third-order valence-corrected chi connectivity index (χ3v) is 5.53. The molecule has 3 nitrogen and oxygen atoms in total. The van der Waals surface area contributed by atoms with E-state index in [0.29, 0.717) is 12.3 Å². The number of amides is 1. The number of para-hydroxylation sites is 1. The van der Waals surface area contributed by atoms with Crippen LogP contribution in [0.4, 0.5) is 10.1 Å². The summed E-state index contributed by atoms with van der Waals surface area (Å²) in [4.78, 5) is 16.5. The van der Waals surface area contributed by atoms with E-state index in [-0.39, 0.29) is 11.7 Å². The number of carbonyl (C=O) groups excluding carboxylic acids is 1. The van der Waals surface area contributed by atoms with Gasteiger partial charge in [0.05, 0.1) is 11.4 Å². The molecule has 6 heteroatoms. The number of fused-ring (bicyclic) bond motifs is 1. The topological polar surface area (TPSA) is 41.5 Å². The van der Waals surface area contributed by atoms with Crippen molar-refractivity contribution in [2.45, 2.75) is 12.3 Å². The van der Waals surface area contributed by atoms with Gasteiger partial charge in [-0.25, -0.2) is 9.38 Å². The zero-order valence-electron chi connectivity index (χ0n) is 12.3. The van der Waals surface area contributed by atoms with Crippen molar-refractivity contribution in [1.29, 1.82) is 0 Å². The minimum atomic E-state index is -0.275. The summed E-state index contributed by atoms with van der Waals surface area (Å²) in [5.74, 6) is 0.888. The third-order valence-electron chi connectivity index (χ3n) is 3.28. The first-order chi connectivity index (χ1) is 11.2. The molecular weight excluding hydrogens is 331 g/mol. The fraction of sp³-hybridized carbons (Fsp3) is 0.176. The van der Waals surface area contributed by atoms with Crippen LogP contribution in [0.2, 0.25) is 0 Å². The average molecular weight is 346 g/mol. The first-order valence-electron chi connectivity index (χ1n) is 7.14. The van der Waals surface area contributed by atoms with E-state index in [2.05, 4.69) is 16.4 Å². The zero-order chi connectivity index (χ0) is 16.1. The van der Waals surface area contributed by atoms with Crippen LogP contribution in [0.15, 0.2) is 53.5 Å². The lowest BCUT2D eigenvalue weighted by Crippen LogP contribution is -2.25. The van der Waals surface area contributed by atoms with E-state index in [4.69, 9.17) is 0 Å². The van der Waals surface area contributed by atoms with E-state index >= 15 is 0 Å². The lowest BCUT2D eigenvalue weighted by atomic mass is 10.2. The number of thioether (sulfide) groups is 2. The molecule has 0 bridgehead atoms. The van der Waals surface area contributed by atoms with Gasteiger partial charge in [-0.15, -0.1) is 0 Å². The third kappa shape index (κ3) is 4.59. The second-order valence-corrected chi connectivity index (χ2v) is 7.17. The van der Waals surface area contributed by atoms with E-state index in [1.807, 2.05) is 18.2 Å². The number of halogens is 1. The van der Waals surface area contributed by atoms with Crippen LogP contribution in [0.5, 0.6) is 0 Å². The zero-order valence-corrected chi connectivity index (χ0v) is 13.9. The molecule has 3 rings (SSSR count). The Morgan fingerprint density at radius 3 is 2.83 bits per heavy atom. The molecule has 1 N–H and O–H groups in total. The highest BCUT2D eigenvalue weighted by Crippen LogP contribution is 2.34. The molecule has 1 amide bonds. The molecule has 1 aliphatic heterocycles. The molecule has 0 aromatic heterocycles. The van der Waals surface area contributed by atoms with Gasteiger partial charge in [0.1, 0.15) is 10.2 Å². The van der Waals surface area contributed by atoms with Gasteiger partial charge in [0.15, 0.2) is 0 Å². The largest absolute Gasteiger partial charge is 0.351 e. The standard InChI is InChI=1S/C17H15FN2OS2/c18-14-7-5-12(6-8-14)9-19-16(21)11-23-17-20-15-4-2-1-3-13(15)10-22-17/h1-8H,9-11H2,(H,19,21). The highest BCUT2D eigenvalue weighted by atomic mass is 32.2. The molecule has 2 aromatic rings. The lowest BCUT2D eigenvalue weighted by Gasteiger charge is -2.14. The number of carbonyl (C=O) groups is 1. The van der Waals surface area contributed by atoms with Gasteiger partial charge in [-0.2, -0.15) is 0 Å². The minimum Gasteiger partial charge on any atom is -0.351 e. The van der Waals surface area contributed by atoms with Gasteiger partial charge in [-0.3, -0.25) is 4.79 Å². The fourth-order valence-corrected chi connectivity index (χ4v) is 3.96. The average Bonchev–Trinajstić information content (AvgIpc) is 2.59. The highest BCUT2D eigenvalue weighted by Gasteiger charge is 2.13. The van der Waals surface area contributed by atoms with Crippen molar-refractivity contribution < 1.29 is 9.18 Å². The minimum absolute atomic E-state index is 0.0542. The summed E-state index contributed by atoms with van der Waals surface area (Å²) in [6, 6.07) is 14.2. The molecule has 0 radical (unpaired) electrons. The Labute approximate surface area is 142 Å². The first kappa shape index (κ1) is 16.1. The number of nitrogens with one attached hydrogen (secondary N) is 1. The van der Waals surface area contributed by atoms with Gasteiger partial charge in [0.25, 0.3) is 0 Å². The van der Waals surface area contributed by atoms with Crippen LogP contribution < -0.4 is 5.32 Å². The van der Waals surface area contributed by atoms with Crippen molar-refractivity contribution in [3.05, 3.63) is 65.5 Å². The van der Waals surface area contributed by atoms with Crippen molar-refractivity contribution in [3.8, 4) is 0 Å². The molecule has 0 saturated carbocycles. The molecule has 0 unspecified atom stereocenters. The molecule has 23 heavy (non-hydrogen) atoms. The predicted molar refractivity (Wildman–Crippen MR) is 95.5 cm³/mol. The molecule has 0 fully saturated rings. The molecule has 0 aliphatic carbocycles. The summed E-state index contributed by atoms with van der Waals surface area (Å²) in [5.41, 5.74) is 3.09. The molecule has 118 valence electrons. The maximum Gasteiger partial charge on any atom is 0.230 e. The number of aliphatic imine (C=N–C) groups is 1. The normalized spacial score (nSPS) is 13.2. The predicted octanol–water partition coefficient (Wildman–Crippen LogP) is 4.11. The Balaban J connectivity index is 1.48. The summed E-state index contributed by atoms with van der Waals surface area (Å²) in [6.07, 6.45) is 0. The number of nitrogens with zero attached hydrogens (tertiary/aromatic N) is 1. The first-order valence-corrected chi connectivity index (χ1v) is 9.11. The second kappa shape index (κ2) is 7.66. The Morgan fingerprint density at radius 1 is 1.22 bits per heavy atom. The molecule has 1 aliphatic rings. The smallest absolute Gasteiger partial charge is 0.230 e. The Kier molecular flexibility index (Phi) is 5.35. The van der Waals surface area contributed by atoms with Crippen LogP contribution in [-0.4, -0.2) is 16.0 Å². The van der Waals surface area contributed by atoms with Gasteiger partial charge in [-0.05, 0) is 29.3 Å². The van der Waals surface area contributed by atoms with Crippen LogP contribution in [-0.2, 0) is 17.1 Å². The van der Waals surface area contributed by atoms with Gasteiger partial charge in [0.2, 0.25) is 5.91 Å². The maximum atomic E-state index is 12.8. The molecule has 1 heterocycles. The van der Waals surface area contributed by atoms with Crippen molar-refractivity contribution in [1.82, 2.24) is 5.32 Å². The molecule has 0 spiro atoms. The molecule has 2 aromatic carbocycles. The van der Waals surface area contributed by atoms with Crippen LogP contribution in [0, 0.1) is 5.82 Å². The van der Waals surface area contributed by atoms with Gasteiger partial charge in [0, 0.05) is 12.3 Å². The summed E-state index contributed by atoms with van der Waals surface area (Å²) < 4.78 is 13.7. The van der Waals surface area contributed by atoms with E-state index < -0.39 is 0 Å². The number of hydrogen-bond acceptors (Lipinski definition) is 4. The molecular formula is C17H15FN2OS2. The van der Waals surface area contributed by atoms with Crippen molar-refractivity contribution in [2.24, 2.45) is 4.99 Å². The monoisotopic (exact) mass is 346 g/mol. The maximum absolute atomic E-state index is 12.8. The van der Waals surface area contributed by atoms with Crippen molar-refractivity contribution in [2.75, 3.05) is 5.75 Å². The van der Waals surface area contributed by atoms with E-state index in [1.54, 1.807) is 23.9 Å². The Bertz CT molecular complexity index is 732. The Morgan fingerprint density at radius 2 is 2.00 bits per heavy atom. The molecule has 0 saturated heterocycles. The van der Waals surface area contributed by atoms with E-state index in [1.165, 1.54) is 29.5 Å². The van der Waals surface area contributed by atoms with E-state index in [0.717, 1.165) is 21.4 Å². The van der Waals surface area contributed by atoms with Crippen LogP contribution >= 0.6 is 23.5 Å². The van der Waals surface area contributed by atoms with Gasteiger partial charge in [-0.1, -0.05) is 53.9 Å². The summed E-state index contributed by atoms with van der Waals surface area (Å²) in [6.45, 7) is 0.405.